The molecule has 2 aromatic rings. The molecule has 1 unspecified atom stereocenters. The minimum atomic E-state index is -4.46. The van der Waals surface area contributed by atoms with Gasteiger partial charge in [0.25, 0.3) is 10.1 Å². The van der Waals surface area contributed by atoms with Gasteiger partial charge in [0, 0.05) is 10.3 Å². The Morgan fingerprint density at radius 2 is 1.93 bits per heavy atom. The van der Waals surface area contributed by atoms with E-state index in [9.17, 15) is 13.5 Å². The number of benzene rings is 1. The van der Waals surface area contributed by atoms with Crippen molar-refractivity contribution in [3.63, 3.8) is 0 Å². The molecule has 0 aliphatic rings. The Balaban J connectivity index is 2.63. The van der Waals surface area contributed by atoms with Gasteiger partial charge in [-0.3, -0.25) is 4.55 Å². The monoisotopic (exact) mass is 244 g/mol. The van der Waals surface area contributed by atoms with E-state index in [1.807, 2.05) is 12.1 Å². The molecule has 1 atom stereocenters. The molecule has 0 spiro atoms. The number of hydrogen-bond acceptors (Lipinski definition) is 4. The molecular formula is C9H8O4S2. The van der Waals surface area contributed by atoms with Crippen LogP contribution in [-0.2, 0) is 10.1 Å². The van der Waals surface area contributed by atoms with E-state index >= 15 is 0 Å². The van der Waals surface area contributed by atoms with Gasteiger partial charge in [0.2, 0.25) is 5.44 Å². The summed E-state index contributed by atoms with van der Waals surface area (Å²) in [7, 11) is -4.46. The molecule has 0 aliphatic heterocycles. The summed E-state index contributed by atoms with van der Waals surface area (Å²) in [5.41, 5.74) is -1.65. The molecule has 1 heterocycles. The second kappa shape index (κ2) is 3.57. The first-order valence-electron chi connectivity index (χ1n) is 4.10. The van der Waals surface area contributed by atoms with Crippen LogP contribution in [0.5, 0.6) is 0 Å². The van der Waals surface area contributed by atoms with E-state index in [2.05, 4.69) is 0 Å². The van der Waals surface area contributed by atoms with Crippen molar-refractivity contribution in [2.75, 3.05) is 0 Å². The summed E-state index contributed by atoms with van der Waals surface area (Å²) in [6, 6.07) is 7.09. The number of rotatable bonds is 2. The quantitative estimate of drug-likeness (QED) is 0.790. The summed E-state index contributed by atoms with van der Waals surface area (Å²) in [6.45, 7) is 0. The van der Waals surface area contributed by atoms with E-state index in [0.29, 0.717) is 5.39 Å². The van der Waals surface area contributed by atoms with Crippen molar-refractivity contribution in [3.05, 3.63) is 35.2 Å². The van der Waals surface area contributed by atoms with Gasteiger partial charge in [-0.15, -0.1) is 11.3 Å². The maximum absolute atomic E-state index is 10.8. The third-order valence-electron chi connectivity index (χ3n) is 2.06. The van der Waals surface area contributed by atoms with Gasteiger partial charge in [-0.25, -0.2) is 0 Å². The van der Waals surface area contributed by atoms with Crippen LogP contribution in [0.25, 0.3) is 10.1 Å². The molecule has 6 heteroatoms. The lowest BCUT2D eigenvalue weighted by molar-refractivity contribution is 0.240. The fraction of sp³-hybridized carbons (Fsp3) is 0.111. The van der Waals surface area contributed by atoms with Crippen LogP contribution >= 0.6 is 11.3 Å². The maximum Gasteiger partial charge on any atom is 0.296 e. The van der Waals surface area contributed by atoms with Gasteiger partial charge in [-0.1, -0.05) is 18.2 Å². The molecule has 1 aromatic carbocycles. The summed E-state index contributed by atoms with van der Waals surface area (Å²) >= 11 is 1.32. The Kier molecular flexibility index (Phi) is 2.51. The first-order valence-corrected chi connectivity index (χ1v) is 6.49. The molecule has 80 valence electrons. The summed E-state index contributed by atoms with van der Waals surface area (Å²) in [6.07, 6.45) is 0. The zero-order chi connectivity index (χ0) is 11.1. The van der Waals surface area contributed by atoms with E-state index in [1.54, 1.807) is 12.1 Å². The largest absolute Gasteiger partial charge is 0.371 e. The SMILES string of the molecule is O=S(=O)(O)C(O)c1csc2ccccc12. The molecule has 0 aliphatic carbocycles. The minimum absolute atomic E-state index is 0.220. The Morgan fingerprint density at radius 1 is 1.27 bits per heavy atom. The van der Waals surface area contributed by atoms with Gasteiger partial charge in [0.15, 0.2) is 0 Å². The van der Waals surface area contributed by atoms with Crippen molar-refractivity contribution >= 4 is 31.5 Å². The van der Waals surface area contributed by atoms with E-state index in [0.717, 1.165) is 4.70 Å². The number of aliphatic hydroxyl groups is 1. The van der Waals surface area contributed by atoms with E-state index < -0.39 is 15.6 Å². The third-order valence-corrected chi connectivity index (χ3v) is 3.86. The Hall–Kier alpha value is -0.950. The van der Waals surface area contributed by atoms with Crippen molar-refractivity contribution in [2.24, 2.45) is 0 Å². The standard InChI is InChI=1S/C9H8O4S2/c10-9(15(11,12)13)7-5-14-8-4-2-1-3-6(7)8/h1-5,9-10H,(H,11,12,13). The molecule has 2 rings (SSSR count). The molecule has 0 amide bonds. The average molecular weight is 244 g/mol. The third kappa shape index (κ3) is 1.89. The number of hydrogen-bond donors (Lipinski definition) is 2. The molecule has 4 nitrogen and oxygen atoms in total. The predicted octanol–water partition coefficient (Wildman–Crippen LogP) is 1.78. The molecular weight excluding hydrogens is 236 g/mol. The van der Waals surface area contributed by atoms with Gasteiger partial charge in [0.05, 0.1) is 0 Å². The Bertz CT molecular complexity index is 585. The highest BCUT2D eigenvalue weighted by molar-refractivity contribution is 7.85. The molecule has 0 saturated carbocycles. The van der Waals surface area contributed by atoms with Gasteiger partial charge in [0.1, 0.15) is 0 Å². The van der Waals surface area contributed by atoms with Crippen LogP contribution in [0, 0.1) is 0 Å². The highest BCUT2D eigenvalue weighted by atomic mass is 32.2. The zero-order valence-electron chi connectivity index (χ0n) is 7.49. The first-order chi connectivity index (χ1) is 7.00. The predicted molar refractivity (Wildman–Crippen MR) is 58.3 cm³/mol. The van der Waals surface area contributed by atoms with Crippen LogP contribution < -0.4 is 0 Å². The lowest BCUT2D eigenvalue weighted by Crippen LogP contribution is -2.10. The fourth-order valence-electron chi connectivity index (χ4n) is 1.35. The van der Waals surface area contributed by atoms with E-state index in [-0.39, 0.29) is 5.56 Å². The van der Waals surface area contributed by atoms with Crippen LogP contribution in [0.1, 0.15) is 11.0 Å². The second-order valence-electron chi connectivity index (χ2n) is 3.05. The molecule has 0 radical (unpaired) electrons. The number of fused-ring (bicyclic) bond motifs is 1. The molecule has 0 bridgehead atoms. The van der Waals surface area contributed by atoms with Crippen LogP contribution in [0.2, 0.25) is 0 Å². The van der Waals surface area contributed by atoms with Crippen LogP contribution in [-0.4, -0.2) is 18.1 Å². The van der Waals surface area contributed by atoms with E-state index in [1.165, 1.54) is 16.7 Å². The molecule has 0 saturated heterocycles. The number of thiophene rings is 1. The van der Waals surface area contributed by atoms with Crippen molar-refractivity contribution in [2.45, 2.75) is 5.44 Å². The van der Waals surface area contributed by atoms with Gasteiger partial charge >= 0.3 is 0 Å². The van der Waals surface area contributed by atoms with Crippen molar-refractivity contribution in [1.29, 1.82) is 0 Å². The van der Waals surface area contributed by atoms with Gasteiger partial charge in [-0.2, -0.15) is 8.42 Å². The molecule has 15 heavy (non-hydrogen) atoms. The summed E-state index contributed by atoms with van der Waals surface area (Å²) in [4.78, 5) is 0. The van der Waals surface area contributed by atoms with Gasteiger partial charge < -0.3 is 5.11 Å². The normalized spacial score (nSPS) is 14.3. The van der Waals surface area contributed by atoms with Crippen LogP contribution in [0.4, 0.5) is 0 Å². The molecule has 2 N–H and O–H groups in total. The van der Waals surface area contributed by atoms with Crippen molar-refractivity contribution in [1.82, 2.24) is 0 Å². The Morgan fingerprint density at radius 3 is 2.60 bits per heavy atom. The highest BCUT2D eigenvalue weighted by Crippen LogP contribution is 2.31. The summed E-state index contributed by atoms with van der Waals surface area (Å²) in [5.74, 6) is 0. The highest BCUT2D eigenvalue weighted by Gasteiger charge is 2.24. The number of aliphatic hydroxyl groups excluding tert-OH is 1. The minimum Gasteiger partial charge on any atom is -0.371 e. The van der Waals surface area contributed by atoms with Gasteiger partial charge in [-0.05, 0) is 16.8 Å². The summed E-state index contributed by atoms with van der Waals surface area (Å²) in [5, 5.41) is 11.6. The fourth-order valence-corrected chi connectivity index (χ4v) is 2.93. The molecule has 1 aromatic heterocycles. The lowest BCUT2D eigenvalue weighted by Gasteiger charge is -2.05. The lowest BCUT2D eigenvalue weighted by atomic mass is 10.2. The second-order valence-corrected chi connectivity index (χ2v) is 5.44. The van der Waals surface area contributed by atoms with Crippen molar-refractivity contribution < 1.29 is 18.1 Å². The molecule has 0 fully saturated rings. The summed E-state index contributed by atoms with van der Waals surface area (Å²) < 4.78 is 31.2. The van der Waals surface area contributed by atoms with Crippen molar-refractivity contribution in [3.8, 4) is 0 Å². The van der Waals surface area contributed by atoms with Crippen LogP contribution in [0.3, 0.4) is 0 Å². The zero-order valence-corrected chi connectivity index (χ0v) is 9.12. The topological polar surface area (TPSA) is 74.6 Å². The smallest absolute Gasteiger partial charge is 0.296 e. The average Bonchev–Trinajstić information content (AvgIpc) is 2.58. The van der Waals surface area contributed by atoms with E-state index in [4.69, 9.17) is 4.55 Å². The first kappa shape index (κ1) is 10.6. The maximum atomic E-state index is 10.8. The van der Waals surface area contributed by atoms with Crippen LogP contribution in [0.15, 0.2) is 29.6 Å². The Labute approximate surface area is 90.5 Å².